The molecule has 0 fully saturated rings. The van der Waals surface area contributed by atoms with Crippen LogP contribution in [0.25, 0.3) is 0 Å². The highest BCUT2D eigenvalue weighted by Crippen LogP contribution is 1.91. The summed E-state index contributed by atoms with van der Waals surface area (Å²) >= 11 is 0. The lowest BCUT2D eigenvalue weighted by Gasteiger charge is -1.89. The molecule has 0 spiro atoms. The molecular weight excluding hydrogens is 262 g/mol. The van der Waals surface area contributed by atoms with E-state index >= 15 is 0 Å². The predicted octanol–water partition coefficient (Wildman–Crippen LogP) is -0.00138. The van der Waals surface area contributed by atoms with Crippen LogP contribution in [0.1, 0.15) is 5.69 Å². The van der Waals surface area contributed by atoms with E-state index in [2.05, 4.69) is 8.61 Å². The van der Waals surface area contributed by atoms with Gasteiger partial charge in [-0.25, -0.2) is 0 Å². The highest BCUT2D eigenvalue weighted by atomic mass is 32.3. The maximum atomic E-state index is 9.44. The first-order chi connectivity index (χ1) is 7.10. The molecule has 2 N–H and O–H groups in total. The Hall–Kier alpha value is -1.07. The summed E-state index contributed by atoms with van der Waals surface area (Å²) in [5, 5.41) is 0. The highest BCUT2D eigenvalue weighted by molar-refractivity contribution is 7.94. The summed E-state index contributed by atoms with van der Waals surface area (Å²) in [6.45, 7) is 1.97. The summed E-state index contributed by atoms with van der Waals surface area (Å²) in [6, 6.07) is 5.86. The SMILES string of the molecule is Cc1ccccn1.O=S(=O)(O)OS(=O)(=O)O. The molecule has 0 aromatic carbocycles. The van der Waals surface area contributed by atoms with Gasteiger partial charge in [0.05, 0.1) is 0 Å². The number of pyridine rings is 1. The summed E-state index contributed by atoms with van der Waals surface area (Å²) in [7, 11) is -10.2. The average Bonchev–Trinajstić information content (AvgIpc) is 1.99. The van der Waals surface area contributed by atoms with Crippen molar-refractivity contribution >= 4 is 20.8 Å². The van der Waals surface area contributed by atoms with Crippen LogP contribution in [-0.4, -0.2) is 30.9 Å². The fourth-order valence-electron chi connectivity index (χ4n) is 0.557. The fraction of sp³-hybridized carbons (Fsp3) is 0.167. The van der Waals surface area contributed by atoms with Crippen molar-refractivity contribution in [3.8, 4) is 0 Å². The van der Waals surface area contributed by atoms with Gasteiger partial charge in [-0.3, -0.25) is 14.1 Å². The first kappa shape index (κ1) is 14.9. The quantitative estimate of drug-likeness (QED) is 0.718. The molecule has 0 bridgehead atoms. The lowest BCUT2D eigenvalue weighted by Crippen LogP contribution is -2.10. The van der Waals surface area contributed by atoms with Crippen molar-refractivity contribution in [2.75, 3.05) is 0 Å². The molecule has 0 atom stereocenters. The second-order valence-electron chi connectivity index (χ2n) is 2.39. The number of aromatic nitrogens is 1. The van der Waals surface area contributed by atoms with E-state index in [4.69, 9.17) is 9.11 Å². The fourth-order valence-corrected chi connectivity index (χ4v) is 1.43. The third-order valence-corrected chi connectivity index (χ3v) is 2.36. The summed E-state index contributed by atoms with van der Waals surface area (Å²) < 4.78 is 55.6. The molecule has 10 heteroatoms. The molecule has 1 aromatic rings. The lowest BCUT2D eigenvalue weighted by atomic mass is 10.4. The van der Waals surface area contributed by atoms with Crippen LogP contribution in [0, 0.1) is 6.92 Å². The zero-order chi connectivity index (χ0) is 12.8. The van der Waals surface area contributed by atoms with Crippen molar-refractivity contribution in [3.05, 3.63) is 30.1 Å². The molecule has 0 aliphatic carbocycles. The van der Waals surface area contributed by atoms with Gasteiger partial charge in [-0.2, -0.15) is 16.8 Å². The molecule has 92 valence electrons. The van der Waals surface area contributed by atoms with Crippen LogP contribution in [-0.2, 0) is 24.4 Å². The van der Waals surface area contributed by atoms with Gasteiger partial charge in [-0.1, -0.05) is 6.07 Å². The molecule has 8 nitrogen and oxygen atoms in total. The van der Waals surface area contributed by atoms with Crippen molar-refractivity contribution in [2.24, 2.45) is 0 Å². The average molecular weight is 271 g/mol. The number of aryl methyl sites for hydroxylation is 1. The van der Waals surface area contributed by atoms with Crippen LogP contribution < -0.4 is 0 Å². The van der Waals surface area contributed by atoms with E-state index in [1.54, 1.807) is 6.20 Å². The van der Waals surface area contributed by atoms with Gasteiger partial charge < -0.3 is 0 Å². The first-order valence-corrected chi connectivity index (χ1v) is 6.37. The minimum atomic E-state index is -5.12. The van der Waals surface area contributed by atoms with E-state index < -0.39 is 20.8 Å². The van der Waals surface area contributed by atoms with Crippen LogP contribution >= 0.6 is 0 Å². The van der Waals surface area contributed by atoms with Gasteiger partial charge in [0.15, 0.2) is 0 Å². The summed E-state index contributed by atoms with van der Waals surface area (Å²) in [4.78, 5) is 3.98. The second kappa shape index (κ2) is 5.86. The molecule has 1 aromatic heterocycles. The van der Waals surface area contributed by atoms with Crippen LogP contribution in [0.4, 0.5) is 0 Å². The molecule has 0 unspecified atom stereocenters. The Kier molecular flexibility index (Phi) is 5.47. The Morgan fingerprint density at radius 1 is 1.12 bits per heavy atom. The lowest BCUT2D eigenvalue weighted by molar-refractivity contribution is 0.344. The first-order valence-electron chi connectivity index (χ1n) is 3.64. The smallest absolute Gasteiger partial charge is 0.263 e. The third-order valence-electron chi connectivity index (χ3n) is 0.985. The standard InChI is InChI=1S/C6H7N.H2O7S2/c1-6-4-2-3-5-7-6;1-8(2,3)7-9(4,5)6/h2-5H,1H3;(H,1,2,3)(H,4,5,6). The Morgan fingerprint density at radius 3 is 1.75 bits per heavy atom. The van der Waals surface area contributed by atoms with Crippen LogP contribution in [0.5, 0.6) is 0 Å². The third kappa shape index (κ3) is 11.0. The molecule has 0 saturated heterocycles. The largest absolute Gasteiger partial charge is 0.413 e. The zero-order valence-electron chi connectivity index (χ0n) is 8.01. The normalized spacial score (nSPS) is 11.4. The highest BCUT2D eigenvalue weighted by Gasteiger charge is 2.15. The van der Waals surface area contributed by atoms with Gasteiger partial charge in [0, 0.05) is 11.9 Å². The minimum absolute atomic E-state index is 1.07. The predicted molar refractivity (Wildman–Crippen MR) is 53.2 cm³/mol. The number of rotatable bonds is 2. The Labute approximate surface area is 92.8 Å². The Bertz CT molecular complexity index is 477. The molecule has 0 saturated carbocycles. The molecule has 0 radical (unpaired) electrons. The van der Waals surface area contributed by atoms with Crippen molar-refractivity contribution in [2.45, 2.75) is 6.92 Å². The second-order valence-corrected chi connectivity index (χ2v) is 4.65. The minimum Gasteiger partial charge on any atom is -0.263 e. The van der Waals surface area contributed by atoms with E-state index in [-0.39, 0.29) is 0 Å². The summed E-state index contributed by atoms with van der Waals surface area (Å²) in [6.07, 6.45) is 1.79. The molecule has 0 aliphatic heterocycles. The van der Waals surface area contributed by atoms with Crippen molar-refractivity contribution in [1.29, 1.82) is 0 Å². The maximum absolute atomic E-state index is 9.44. The van der Waals surface area contributed by atoms with Crippen LogP contribution in [0.15, 0.2) is 24.4 Å². The summed E-state index contributed by atoms with van der Waals surface area (Å²) in [5.74, 6) is 0. The molecule has 0 amide bonds. The maximum Gasteiger partial charge on any atom is 0.413 e. The van der Waals surface area contributed by atoms with E-state index in [9.17, 15) is 16.8 Å². The molecular formula is C6H9NO7S2. The van der Waals surface area contributed by atoms with Crippen LogP contribution in [0.3, 0.4) is 0 Å². The van der Waals surface area contributed by atoms with E-state index in [0.717, 1.165) is 5.69 Å². The molecule has 0 aliphatic rings. The topological polar surface area (TPSA) is 131 Å². The Morgan fingerprint density at radius 2 is 1.62 bits per heavy atom. The molecule has 1 rings (SSSR count). The Balaban J connectivity index is 0.000000288. The van der Waals surface area contributed by atoms with Gasteiger partial charge in [-0.05, 0) is 19.1 Å². The van der Waals surface area contributed by atoms with Crippen molar-refractivity contribution in [1.82, 2.24) is 4.98 Å². The van der Waals surface area contributed by atoms with Gasteiger partial charge in [0.25, 0.3) is 0 Å². The van der Waals surface area contributed by atoms with Crippen LogP contribution in [0.2, 0.25) is 0 Å². The monoisotopic (exact) mass is 271 g/mol. The summed E-state index contributed by atoms with van der Waals surface area (Å²) in [5.41, 5.74) is 1.07. The van der Waals surface area contributed by atoms with Gasteiger partial charge in [0.1, 0.15) is 0 Å². The van der Waals surface area contributed by atoms with E-state index in [1.165, 1.54) is 0 Å². The van der Waals surface area contributed by atoms with Gasteiger partial charge in [0.2, 0.25) is 0 Å². The molecule has 16 heavy (non-hydrogen) atoms. The van der Waals surface area contributed by atoms with Crippen molar-refractivity contribution in [3.63, 3.8) is 0 Å². The number of hydrogen-bond donors (Lipinski definition) is 2. The molecule has 1 heterocycles. The van der Waals surface area contributed by atoms with Gasteiger partial charge in [-0.15, -0.1) is 3.63 Å². The number of hydrogen-bond acceptors (Lipinski definition) is 6. The van der Waals surface area contributed by atoms with Gasteiger partial charge >= 0.3 is 20.8 Å². The number of nitrogens with zero attached hydrogens (tertiary/aromatic N) is 1. The van der Waals surface area contributed by atoms with E-state index in [1.807, 2.05) is 25.1 Å². The van der Waals surface area contributed by atoms with E-state index in [0.29, 0.717) is 0 Å². The zero-order valence-corrected chi connectivity index (χ0v) is 9.64. The van der Waals surface area contributed by atoms with Crippen molar-refractivity contribution < 1.29 is 29.6 Å².